The lowest BCUT2D eigenvalue weighted by atomic mass is 9.81. The first-order valence-corrected chi connectivity index (χ1v) is 10.7. The first-order chi connectivity index (χ1) is 14.9. The molecule has 0 spiro atoms. The van der Waals surface area contributed by atoms with Gasteiger partial charge in [0, 0.05) is 31.4 Å². The van der Waals surface area contributed by atoms with E-state index in [2.05, 4.69) is 10.6 Å². The molecule has 3 amide bonds. The summed E-state index contributed by atoms with van der Waals surface area (Å²) in [6.07, 6.45) is 1.53. The van der Waals surface area contributed by atoms with E-state index >= 15 is 0 Å². The van der Waals surface area contributed by atoms with Gasteiger partial charge in [0.05, 0.1) is 5.41 Å². The van der Waals surface area contributed by atoms with Crippen molar-refractivity contribution in [3.63, 3.8) is 0 Å². The van der Waals surface area contributed by atoms with Crippen LogP contribution in [0.1, 0.15) is 30.9 Å². The van der Waals surface area contributed by atoms with E-state index in [0.29, 0.717) is 50.0 Å². The number of fused-ring (bicyclic) bond motifs is 1. The molecule has 0 aromatic heterocycles. The molecule has 4 rings (SSSR count). The fourth-order valence-electron chi connectivity index (χ4n) is 4.12. The van der Waals surface area contributed by atoms with Crippen LogP contribution in [0, 0.1) is 12.3 Å². The van der Waals surface area contributed by atoms with Gasteiger partial charge in [0.15, 0.2) is 11.5 Å². The molecule has 0 aliphatic carbocycles. The van der Waals surface area contributed by atoms with Crippen LogP contribution in [0.2, 0.25) is 0 Å². The molecule has 0 saturated carbocycles. The van der Waals surface area contributed by atoms with Gasteiger partial charge in [-0.25, -0.2) is 4.79 Å². The Bertz CT molecular complexity index is 977. The highest BCUT2D eigenvalue weighted by Gasteiger charge is 2.39. The molecule has 0 radical (unpaired) electrons. The van der Waals surface area contributed by atoms with E-state index in [-0.39, 0.29) is 11.9 Å². The van der Waals surface area contributed by atoms with Crippen molar-refractivity contribution in [3.8, 4) is 11.5 Å². The maximum absolute atomic E-state index is 13.0. The van der Waals surface area contributed by atoms with Crippen LogP contribution in [-0.2, 0) is 11.3 Å². The summed E-state index contributed by atoms with van der Waals surface area (Å²) in [7, 11) is 0. The number of hydrogen-bond donors (Lipinski definition) is 2. The number of likely N-dealkylation sites (tertiary alicyclic amines) is 1. The summed E-state index contributed by atoms with van der Waals surface area (Å²) in [5, 5.41) is 5.99. The number of aryl methyl sites for hydroxylation is 1. The number of nitrogens with zero attached hydrogens (tertiary/aromatic N) is 1. The number of carbonyl (C=O) groups excluding carboxylic acids is 2. The van der Waals surface area contributed by atoms with Gasteiger partial charge in [-0.05, 0) is 49.9 Å². The molecule has 2 heterocycles. The molecule has 1 unspecified atom stereocenters. The molecule has 1 fully saturated rings. The van der Waals surface area contributed by atoms with Crippen molar-refractivity contribution in [1.82, 2.24) is 10.2 Å². The molecule has 0 bridgehead atoms. The van der Waals surface area contributed by atoms with Crippen LogP contribution < -0.4 is 20.1 Å². The fraction of sp³-hybridized carbons (Fsp3) is 0.417. The van der Waals surface area contributed by atoms with Crippen molar-refractivity contribution < 1.29 is 19.1 Å². The summed E-state index contributed by atoms with van der Waals surface area (Å²) in [5.74, 6) is 1.29. The average molecular weight is 424 g/mol. The number of benzene rings is 2. The minimum Gasteiger partial charge on any atom is -0.486 e. The second-order valence-corrected chi connectivity index (χ2v) is 8.48. The van der Waals surface area contributed by atoms with Gasteiger partial charge in [-0.15, -0.1) is 0 Å². The summed E-state index contributed by atoms with van der Waals surface area (Å²) in [4.78, 5) is 27.6. The standard InChI is InChI=1S/C24H29N3O4/c1-17-6-3-4-7-18(17)15-25-22(28)24(2)10-5-11-27(16-24)23(29)26-19-8-9-20-21(14-19)31-13-12-30-20/h3-4,6-9,14H,5,10-13,15-16H2,1-2H3,(H,25,28)(H,26,29). The molecule has 164 valence electrons. The van der Waals surface area contributed by atoms with Crippen molar-refractivity contribution in [1.29, 1.82) is 0 Å². The smallest absolute Gasteiger partial charge is 0.321 e. The van der Waals surface area contributed by atoms with Crippen LogP contribution in [-0.4, -0.2) is 43.1 Å². The Morgan fingerprint density at radius 2 is 1.87 bits per heavy atom. The van der Waals surface area contributed by atoms with E-state index in [1.54, 1.807) is 23.1 Å². The number of nitrogens with one attached hydrogen (secondary N) is 2. The fourth-order valence-corrected chi connectivity index (χ4v) is 4.12. The maximum Gasteiger partial charge on any atom is 0.321 e. The summed E-state index contributed by atoms with van der Waals surface area (Å²) < 4.78 is 11.1. The molecule has 2 aromatic carbocycles. The third-order valence-electron chi connectivity index (χ3n) is 6.03. The molecule has 2 aliphatic heterocycles. The number of carbonyl (C=O) groups is 2. The monoisotopic (exact) mass is 423 g/mol. The van der Waals surface area contributed by atoms with Crippen molar-refractivity contribution in [2.45, 2.75) is 33.2 Å². The Balaban J connectivity index is 1.37. The Morgan fingerprint density at radius 3 is 2.68 bits per heavy atom. The predicted octanol–water partition coefficient (Wildman–Crippen LogP) is 3.72. The van der Waals surface area contributed by atoms with Crippen molar-refractivity contribution in [2.75, 3.05) is 31.6 Å². The quantitative estimate of drug-likeness (QED) is 0.786. The molecule has 2 aromatic rings. The zero-order valence-corrected chi connectivity index (χ0v) is 18.1. The zero-order chi connectivity index (χ0) is 21.8. The lowest BCUT2D eigenvalue weighted by Gasteiger charge is -2.39. The van der Waals surface area contributed by atoms with Gasteiger partial charge < -0.3 is 25.0 Å². The number of urea groups is 1. The molecule has 1 saturated heterocycles. The van der Waals surface area contributed by atoms with Gasteiger partial charge in [-0.1, -0.05) is 24.3 Å². The van der Waals surface area contributed by atoms with Gasteiger partial charge in [0.25, 0.3) is 0 Å². The molecule has 2 aliphatic rings. The summed E-state index contributed by atoms with van der Waals surface area (Å²) in [6.45, 7) is 6.48. The van der Waals surface area contributed by atoms with Crippen LogP contribution in [0.15, 0.2) is 42.5 Å². The third-order valence-corrected chi connectivity index (χ3v) is 6.03. The highest BCUT2D eigenvalue weighted by molar-refractivity contribution is 5.91. The Labute approximate surface area is 182 Å². The summed E-state index contributed by atoms with van der Waals surface area (Å²) >= 11 is 0. The Kier molecular flexibility index (Phi) is 6.02. The number of piperidine rings is 1. The number of amides is 3. The SMILES string of the molecule is Cc1ccccc1CNC(=O)C1(C)CCCN(C(=O)Nc2ccc3c(c2)OCCO3)C1. The van der Waals surface area contributed by atoms with E-state index in [0.717, 1.165) is 24.0 Å². The normalized spacial score (nSPS) is 20.1. The van der Waals surface area contributed by atoms with Gasteiger partial charge in [0.2, 0.25) is 5.91 Å². The van der Waals surface area contributed by atoms with Crippen molar-refractivity contribution >= 4 is 17.6 Å². The molecule has 2 N–H and O–H groups in total. The van der Waals surface area contributed by atoms with Gasteiger partial charge in [-0.3, -0.25) is 4.79 Å². The van der Waals surface area contributed by atoms with E-state index in [4.69, 9.17) is 9.47 Å². The average Bonchev–Trinajstić information content (AvgIpc) is 2.78. The van der Waals surface area contributed by atoms with E-state index in [1.165, 1.54) is 0 Å². The lowest BCUT2D eigenvalue weighted by Crippen LogP contribution is -2.52. The second kappa shape index (κ2) is 8.88. The maximum atomic E-state index is 13.0. The molecule has 1 atom stereocenters. The number of ether oxygens (including phenoxy) is 2. The Hall–Kier alpha value is -3.22. The van der Waals surface area contributed by atoms with Crippen LogP contribution in [0.25, 0.3) is 0 Å². The van der Waals surface area contributed by atoms with Gasteiger partial charge >= 0.3 is 6.03 Å². The van der Waals surface area contributed by atoms with Crippen molar-refractivity contribution in [3.05, 3.63) is 53.6 Å². The predicted molar refractivity (Wildman–Crippen MR) is 118 cm³/mol. The van der Waals surface area contributed by atoms with Gasteiger partial charge in [-0.2, -0.15) is 0 Å². The van der Waals surface area contributed by atoms with Crippen LogP contribution >= 0.6 is 0 Å². The second-order valence-electron chi connectivity index (χ2n) is 8.48. The largest absolute Gasteiger partial charge is 0.486 e. The molecular weight excluding hydrogens is 394 g/mol. The highest BCUT2D eigenvalue weighted by atomic mass is 16.6. The van der Waals surface area contributed by atoms with E-state index in [9.17, 15) is 9.59 Å². The van der Waals surface area contributed by atoms with Crippen LogP contribution in [0.4, 0.5) is 10.5 Å². The number of anilines is 1. The van der Waals surface area contributed by atoms with Crippen LogP contribution in [0.5, 0.6) is 11.5 Å². The third kappa shape index (κ3) is 4.76. The molecule has 7 heteroatoms. The summed E-state index contributed by atoms with van der Waals surface area (Å²) in [6, 6.07) is 13.2. The highest BCUT2D eigenvalue weighted by Crippen LogP contribution is 2.33. The van der Waals surface area contributed by atoms with Crippen LogP contribution in [0.3, 0.4) is 0 Å². The van der Waals surface area contributed by atoms with E-state index in [1.807, 2.05) is 38.1 Å². The number of hydrogen-bond acceptors (Lipinski definition) is 4. The van der Waals surface area contributed by atoms with Gasteiger partial charge in [0.1, 0.15) is 13.2 Å². The minimum absolute atomic E-state index is 0.0208. The van der Waals surface area contributed by atoms with E-state index < -0.39 is 5.41 Å². The Morgan fingerprint density at radius 1 is 1.10 bits per heavy atom. The summed E-state index contributed by atoms with van der Waals surface area (Å²) in [5.41, 5.74) is 2.27. The minimum atomic E-state index is -0.620. The molecular formula is C24H29N3O4. The first kappa shape index (κ1) is 21.0. The lowest BCUT2D eigenvalue weighted by molar-refractivity contribution is -0.132. The number of rotatable bonds is 4. The topological polar surface area (TPSA) is 79.9 Å². The molecule has 31 heavy (non-hydrogen) atoms. The first-order valence-electron chi connectivity index (χ1n) is 10.7. The zero-order valence-electron chi connectivity index (χ0n) is 18.1. The van der Waals surface area contributed by atoms with Crippen molar-refractivity contribution in [2.24, 2.45) is 5.41 Å². The molecule has 7 nitrogen and oxygen atoms in total.